The highest BCUT2D eigenvalue weighted by atomic mass is 16.5. The van der Waals surface area contributed by atoms with Crippen LogP contribution in [0.2, 0.25) is 0 Å². The van der Waals surface area contributed by atoms with E-state index >= 15 is 0 Å². The molecular formula is C7H8O3. The Bertz CT molecular complexity index is 205. The maximum atomic E-state index is 9.97. The van der Waals surface area contributed by atoms with Gasteiger partial charge in [0.1, 0.15) is 0 Å². The van der Waals surface area contributed by atoms with Crippen molar-refractivity contribution < 1.29 is 14.6 Å². The van der Waals surface area contributed by atoms with E-state index in [4.69, 9.17) is 9.84 Å². The number of hydrogen-bond acceptors (Lipinski definition) is 2. The molecule has 3 nitrogen and oxygen atoms in total. The third-order valence-corrected chi connectivity index (χ3v) is 1.31. The van der Waals surface area contributed by atoms with E-state index in [0.29, 0.717) is 13.2 Å². The van der Waals surface area contributed by atoms with Crippen LogP contribution in [0.25, 0.3) is 0 Å². The van der Waals surface area contributed by atoms with Crippen LogP contribution in [-0.4, -0.2) is 24.3 Å². The van der Waals surface area contributed by atoms with E-state index in [9.17, 15) is 4.79 Å². The largest absolute Gasteiger partial charge is 0.472 e. The molecule has 1 fully saturated rings. The monoisotopic (exact) mass is 140 g/mol. The maximum Gasteiger partial charge on any atom is 0.381 e. The second-order valence-corrected chi connectivity index (χ2v) is 2.61. The molecule has 0 unspecified atom stereocenters. The molecule has 54 valence electrons. The number of ether oxygens (including phenoxy) is 1. The molecule has 1 aliphatic heterocycles. The van der Waals surface area contributed by atoms with Gasteiger partial charge in [-0.3, -0.25) is 0 Å². The summed E-state index contributed by atoms with van der Waals surface area (Å²) in [6.07, 6.45) is 0. The van der Waals surface area contributed by atoms with Gasteiger partial charge in [-0.05, 0) is 6.92 Å². The molecule has 3 heteroatoms. The lowest BCUT2D eigenvalue weighted by Gasteiger charge is -2.32. The van der Waals surface area contributed by atoms with Crippen molar-refractivity contribution in [2.24, 2.45) is 5.41 Å². The lowest BCUT2D eigenvalue weighted by Crippen LogP contribution is -2.38. The molecular weight excluding hydrogens is 132 g/mol. The molecule has 0 bridgehead atoms. The quantitative estimate of drug-likeness (QED) is 0.486. The third kappa shape index (κ3) is 1.49. The van der Waals surface area contributed by atoms with Crippen LogP contribution in [0.3, 0.4) is 0 Å². The molecule has 1 saturated heterocycles. The first kappa shape index (κ1) is 7.10. The topological polar surface area (TPSA) is 46.5 Å². The Balaban J connectivity index is 2.53. The summed E-state index contributed by atoms with van der Waals surface area (Å²) in [6, 6.07) is 0. The van der Waals surface area contributed by atoms with E-state index in [1.807, 2.05) is 6.92 Å². The molecule has 0 amide bonds. The van der Waals surface area contributed by atoms with E-state index in [0.717, 1.165) is 0 Å². The summed E-state index contributed by atoms with van der Waals surface area (Å²) < 4.78 is 4.87. The molecule has 0 spiro atoms. The summed E-state index contributed by atoms with van der Waals surface area (Å²) in [7, 11) is 0. The van der Waals surface area contributed by atoms with Crippen molar-refractivity contribution in [2.75, 3.05) is 13.2 Å². The summed E-state index contributed by atoms with van der Waals surface area (Å²) >= 11 is 0. The van der Waals surface area contributed by atoms with Crippen molar-refractivity contribution in [2.45, 2.75) is 6.92 Å². The second-order valence-electron chi connectivity index (χ2n) is 2.61. The third-order valence-electron chi connectivity index (χ3n) is 1.31. The lowest BCUT2D eigenvalue weighted by molar-refractivity contribution is -0.130. The highest BCUT2D eigenvalue weighted by Crippen LogP contribution is 2.24. The van der Waals surface area contributed by atoms with Crippen LogP contribution in [0.4, 0.5) is 0 Å². The average Bonchev–Trinajstić information content (AvgIpc) is 1.79. The fraction of sp³-hybridized carbons (Fsp3) is 0.571. The number of carbonyl (C=O) groups is 1. The molecule has 0 radical (unpaired) electrons. The first-order valence-corrected chi connectivity index (χ1v) is 2.96. The van der Waals surface area contributed by atoms with Gasteiger partial charge in [-0.25, -0.2) is 4.79 Å². The van der Waals surface area contributed by atoms with Gasteiger partial charge in [-0.2, -0.15) is 0 Å². The van der Waals surface area contributed by atoms with Gasteiger partial charge in [-0.15, -0.1) is 0 Å². The highest BCUT2D eigenvalue weighted by molar-refractivity contribution is 5.86. The van der Waals surface area contributed by atoms with Crippen LogP contribution in [0.5, 0.6) is 0 Å². The first-order chi connectivity index (χ1) is 4.62. The number of hydrogen-bond donors (Lipinski definition) is 1. The summed E-state index contributed by atoms with van der Waals surface area (Å²) in [5.41, 5.74) is -0.210. The molecule has 0 aromatic heterocycles. The molecule has 0 aromatic carbocycles. The molecule has 1 rings (SSSR count). The van der Waals surface area contributed by atoms with Crippen LogP contribution in [0, 0.1) is 17.3 Å². The van der Waals surface area contributed by atoms with Gasteiger partial charge in [-0.1, -0.05) is 5.92 Å². The van der Waals surface area contributed by atoms with Gasteiger partial charge >= 0.3 is 5.97 Å². The Morgan fingerprint density at radius 3 is 2.60 bits per heavy atom. The van der Waals surface area contributed by atoms with Crippen LogP contribution in [0.1, 0.15) is 6.92 Å². The van der Waals surface area contributed by atoms with E-state index in [2.05, 4.69) is 11.8 Å². The van der Waals surface area contributed by atoms with Crippen LogP contribution >= 0.6 is 0 Å². The summed E-state index contributed by atoms with van der Waals surface area (Å²) in [6.45, 7) is 2.98. The van der Waals surface area contributed by atoms with Crippen molar-refractivity contribution in [1.29, 1.82) is 0 Å². The van der Waals surface area contributed by atoms with Crippen LogP contribution in [0.15, 0.2) is 0 Å². The number of carboxylic acids is 1. The predicted octanol–water partition coefficient (Wildman–Crippen LogP) is 0.111. The predicted molar refractivity (Wildman–Crippen MR) is 34.3 cm³/mol. The van der Waals surface area contributed by atoms with Gasteiger partial charge in [0.2, 0.25) is 0 Å². The lowest BCUT2D eigenvalue weighted by atomic mass is 9.90. The maximum absolute atomic E-state index is 9.97. The number of rotatable bonds is 0. The second kappa shape index (κ2) is 2.31. The average molecular weight is 140 g/mol. The molecule has 0 atom stereocenters. The molecule has 0 saturated carbocycles. The zero-order chi connectivity index (χ0) is 7.61. The van der Waals surface area contributed by atoms with Gasteiger partial charge in [0.25, 0.3) is 0 Å². The van der Waals surface area contributed by atoms with Crippen molar-refractivity contribution in [3.8, 4) is 11.8 Å². The molecule has 10 heavy (non-hydrogen) atoms. The zero-order valence-corrected chi connectivity index (χ0v) is 5.68. The first-order valence-electron chi connectivity index (χ1n) is 2.96. The Morgan fingerprint density at radius 1 is 1.70 bits per heavy atom. The summed E-state index contributed by atoms with van der Waals surface area (Å²) in [4.78, 5) is 9.97. The van der Waals surface area contributed by atoms with E-state index < -0.39 is 5.97 Å². The van der Waals surface area contributed by atoms with Gasteiger partial charge in [0.15, 0.2) is 0 Å². The zero-order valence-electron chi connectivity index (χ0n) is 5.68. The minimum absolute atomic E-state index is 0.210. The van der Waals surface area contributed by atoms with Crippen molar-refractivity contribution >= 4 is 5.97 Å². The Labute approximate surface area is 59.0 Å². The Morgan fingerprint density at radius 2 is 2.30 bits per heavy atom. The highest BCUT2D eigenvalue weighted by Gasteiger charge is 2.31. The SMILES string of the molecule is CC1(C#CC(=O)O)COC1. The van der Waals surface area contributed by atoms with E-state index in [-0.39, 0.29) is 5.41 Å². The van der Waals surface area contributed by atoms with Gasteiger partial charge in [0.05, 0.1) is 18.6 Å². The van der Waals surface area contributed by atoms with Crippen molar-refractivity contribution in [1.82, 2.24) is 0 Å². The summed E-state index contributed by atoms with van der Waals surface area (Å²) in [5.74, 6) is 3.62. The smallest absolute Gasteiger partial charge is 0.381 e. The van der Waals surface area contributed by atoms with Gasteiger partial charge in [0, 0.05) is 5.92 Å². The number of aliphatic carboxylic acids is 1. The van der Waals surface area contributed by atoms with Crippen molar-refractivity contribution in [3.05, 3.63) is 0 Å². The summed E-state index contributed by atoms with van der Waals surface area (Å²) in [5, 5.41) is 8.18. The standard InChI is InChI=1S/C7H8O3/c1-7(4-10-5-7)3-2-6(8)9/h4-5H2,1H3,(H,8,9). The number of carboxylic acid groups (broad SMARTS) is 1. The van der Waals surface area contributed by atoms with Crippen LogP contribution in [-0.2, 0) is 9.53 Å². The van der Waals surface area contributed by atoms with Crippen molar-refractivity contribution in [3.63, 3.8) is 0 Å². The molecule has 1 aliphatic rings. The Kier molecular flexibility index (Phi) is 1.64. The normalized spacial score (nSPS) is 20.1. The van der Waals surface area contributed by atoms with E-state index in [1.54, 1.807) is 0 Å². The van der Waals surface area contributed by atoms with Crippen LogP contribution < -0.4 is 0 Å². The molecule has 0 aromatic rings. The fourth-order valence-electron chi connectivity index (χ4n) is 0.685. The molecule has 0 aliphatic carbocycles. The fourth-order valence-corrected chi connectivity index (χ4v) is 0.685. The van der Waals surface area contributed by atoms with E-state index in [1.165, 1.54) is 0 Å². The minimum Gasteiger partial charge on any atom is -0.472 e. The molecule has 1 N–H and O–H groups in total. The van der Waals surface area contributed by atoms with Gasteiger partial charge < -0.3 is 9.84 Å². The molecule has 1 heterocycles. The Hall–Kier alpha value is -1.01. The minimum atomic E-state index is -1.08.